The van der Waals surface area contributed by atoms with E-state index < -0.39 is 6.03 Å². The van der Waals surface area contributed by atoms with Crippen LogP contribution >= 0.6 is 34.8 Å². The monoisotopic (exact) mass is 238 g/mol. The van der Waals surface area contributed by atoms with Crippen LogP contribution in [0, 0.1) is 0 Å². The number of primary amides is 1. The number of nitrogens with one attached hydrogen (secondary N) is 1. The number of amides is 2. The van der Waals surface area contributed by atoms with E-state index in [-0.39, 0.29) is 15.7 Å². The largest absolute Gasteiger partial charge is 0.351 e. The number of carbonyl (C=O) groups excluding carboxylic acids is 1. The van der Waals surface area contributed by atoms with Crippen molar-refractivity contribution in [1.29, 1.82) is 0 Å². The highest BCUT2D eigenvalue weighted by atomic mass is 35.5. The van der Waals surface area contributed by atoms with Crippen molar-refractivity contribution in [2.45, 2.75) is 0 Å². The van der Waals surface area contributed by atoms with Crippen molar-refractivity contribution < 1.29 is 4.79 Å². The van der Waals surface area contributed by atoms with Crippen molar-refractivity contribution >= 4 is 46.5 Å². The molecule has 1 aromatic carbocycles. The van der Waals surface area contributed by atoms with Gasteiger partial charge in [0.1, 0.15) is 0 Å². The fourth-order valence-corrected chi connectivity index (χ4v) is 1.39. The summed E-state index contributed by atoms with van der Waals surface area (Å²) < 4.78 is 0. The molecular formula is C7H5Cl3N2O. The van der Waals surface area contributed by atoms with Crippen LogP contribution in [-0.4, -0.2) is 6.03 Å². The molecule has 0 saturated heterocycles. The van der Waals surface area contributed by atoms with Crippen LogP contribution in [0.4, 0.5) is 10.5 Å². The topological polar surface area (TPSA) is 55.1 Å². The number of nitrogens with two attached hydrogens (primary N) is 1. The maximum atomic E-state index is 10.5. The van der Waals surface area contributed by atoms with Crippen molar-refractivity contribution in [2.24, 2.45) is 5.73 Å². The Balaban J connectivity index is 3.17. The van der Waals surface area contributed by atoms with Gasteiger partial charge in [0.05, 0.1) is 20.8 Å². The minimum absolute atomic E-state index is 0.174. The third-order valence-electron chi connectivity index (χ3n) is 1.29. The summed E-state index contributed by atoms with van der Waals surface area (Å²) >= 11 is 17.2. The van der Waals surface area contributed by atoms with Crippen LogP contribution in [0.1, 0.15) is 0 Å². The molecular weight excluding hydrogens is 234 g/mol. The summed E-state index contributed by atoms with van der Waals surface area (Å²) in [5.74, 6) is 0. The van der Waals surface area contributed by atoms with E-state index in [2.05, 4.69) is 5.32 Å². The van der Waals surface area contributed by atoms with Gasteiger partial charge in [-0.05, 0) is 12.1 Å². The smallest absolute Gasteiger partial charge is 0.316 e. The van der Waals surface area contributed by atoms with Crippen LogP contribution in [0.5, 0.6) is 0 Å². The number of hydrogen-bond acceptors (Lipinski definition) is 1. The molecule has 0 atom stereocenters. The Labute approximate surface area is 89.8 Å². The first-order valence-corrected chi connectivity index (χ1v) is 4.35. The molecule has 0 fully saturated rings. The third-order valence-corrected chi connectivity index (χ3v) is 2.41. The van der Waals surface area contributed by atoms with Gasteiger partial charge in [0.25, 0.3) is 0 Å². The molecule has 3 nitrogen and oxygen atoms in total. The van der Waals surface area contributed by atoms with Gasteiger partial charge < -0.3 is 11.1 Å². The number of urea groups is 1. The molecule has 0 heterocycles. The van der Waals surface area contributed by atoms with Gasteiger partial charge in [0, 0.05) is 0 Å². The second kappa shape index (κ2) is 4.05. The summed E-state index contributed by atoms with van der Waals surface area (Å²) in [6, 6.07) is 2.30. The number of benzene rings is 1. The molecule has 13 heavy (non-hydrogen) atoms. The van der Waals surface area contributed by atoms with Gasteiger partial charge in [0.2, 0.25) is 0 Å². The zero-order valence-electron chi connectivity index (χ0n) is 6.27. The zero-order chi connectivity index (χ0) is 10.0. The number of halogens is 3. The van der Waals surface area contributed by atoms with E-state index in [1.165, 1.54) is 12.1 Å². The van der Waals surface area contributed by atoms with E-state index in [9.17, 15) is 4.79 Å². The van der Waals surface area contributed by atoms with Gasteiger partial charge in [-0.1, -0.05) is 34.8 Å². The van der Waals surface area contributed by atoms with E-state index in [1.54, 1.807) is 0 Å². The summed E-state index contributed by atoms with van der Waals surface area (Å²) in [7, 11) is 0. The third kappa shape index (κ3) is 2.40. The molecule has 3 N–H and O–H groups in total. The molecule has 2 amide bonds. The van der Waals surface area contributed by atoms with Crippen molar-refractivity contribution in [3.05, 3.63) is 27.2 Å². The Bertz CT molecular complexity index is 354. The molecule has 0 aliphatic heterocycles. The standard InChI is InChI=1S/C7H5Cl3N2O/c8-3-1-2-4(9)6(5(3)10)12-7(11)13/h1-2H,(H3,11,12,13). The fourth-order valence-electron chi connectivity index (χ4n) is 0.765. The number of rotatable bonds is 1. The first kappa shape index (κ1) is 10.4. The lowest BCUT2D eigenvalue weighted by Gasteiger charge is -2.07. The maximum Gasteiger partial charge on any atom is 0.316 e. The van der Waals surface area contributed by atoms with Gasteiger partial charge in [0.15, 0.2) is 0 Å². The fraction of sp³-hybridized carbons (Fsp3) is 0. The van der Waals surface area contributed by atoms with Gasteiger partial charge in [-0.3, -0.25) is 0 Å². The Morgan fingerprint density at radius 2 is 1.77 bits per heavy atom. The van der Waals surface area contributed by atoms with Crippen molar-refractivity contribution in [3.63, 3.8) is 0 Å². The lowest BCUT2D eigenvalue weighted by molar-refractivity contribution is 0.259. The van der Waals surface area contributed by atoms with Crippen LogP contribution in [0.15, 0.2) is 12.1 Å². The van der Waals surface area contributed by atoms with E-state index in [4.69, 9.17) is 40.5 Å². The van der Waals surface area contributed by atoms with Crippen molar-refractivity contribution in [2.75, 3.05) is 5.32 Å². The average molecular weight is 239 g/mol. The molecule has 0 saturated carbocycles. The molecule has 0 aliphatic carbocycles. The molecule has 0 bridgehead atoms. The first-order chi connectivity index (χ1) is 6.02. The molecule has 1 rings (SSSR count). The highest BCUT2D eigenvalue weighted by molar-refractivity contribution is 6.46. The quantitative estimate of drug-likeness (QED) is 0.727. The maximum absolute atomic E-state index is 10.5. The van der Waals surface area contributed by atoms with E-state index in [0.717, 1.165) is 0 Å². The highest BCUT2D eigenvalue weighted by Crippen LogP contribution is 2.35. The summed E-state index contributed by atoms with van der Waals surface area (Å²) in [4.78, 5) is 10.5. The normalized spacial score (nSPS) is 9.77. The summed E-state index contributed by atoms with van der Waals surface area (Å²) in [6.45, 7) is 0. The van der Waals surface area contributed by atoms with E-state index >= 15 is 0 Å². The Morgan fingerprint density at radius 3 is 2.31 bits per heavy atom. The highest BCUT2D eigenvalue weighted by Gasteiger charge is 2.10. The summed E-state index contributed by atoms with van der Waals surface area (Å²) in [5, 5.41) is 3.03. The lowest BCUT2D eigenvalue weighted by Crippen LogP contribution is -2.19. The minimum Gasteiger partial charge on any atom is -0.351 e. The molecule has 6 heteroatoms. The summed E-state index contributed by atoms with van der Waals surface area (Å²) in [6.07, 6.45) is 0. The zero-order valence-corrected chi connectivity index (χ0v) is 8.54. The predicted molar refractivity (Wildman–Crippen MR) is 54.7 cm³/mol. The second-order valence-corrected chi connectivity index (χ2v) is 3.40. The molecule has 0 radical (unpaired) electrons. The molecule has 0 aromatic heterocycles. The van der Waals surface area contributed by atoms with Crippen LogP contribution in [0.2, 0.25) is 15.1 Å². The van der Waals surface area contributed by atoms with Gasteiger partial charge in [-0.15, -0.1) is 0 Å². The van der Waals surface area contributed by atoms with Crippen LogP contribution in [0.3, 0.4) is 0 Å². The van der Waals surface area contributed by atoms with Crippen LogP contribution in [0.25, 0.3) is 0 Å². The van der Waals surface area contributed by atoms with Gasteiger partial charge in [-0.2, -0.15) is 0 Å². The first-order valence-electron chi connectivity index (χ1n) is 3.22. The van der Waals surface area contributed by atoms with Gasteiger partial charge in [-0.25, -0.2) is 4.79 Å². The molecule has 0 aliphatic rings. The van der Waals surface area contributed by atoms with Crippen LogP contribution < -0.4 is 11.1 Å². The number of hydrogen-bond donors (Lipinski definition) is 2. The second-order valence-electron chi connectivity index (χ2n) is 2.21. The van der Waals surface area contributed by atoms with E-state index in [1.807, 2.05) is 0 Å². The Hall–Kier alpha value is -0.640. The molecule has 0 spiro atoms. The molecule has 1 aromatic rings. The minimum atomic E-state index is -0.744. The lowest BCUT2D eigenvalue weighted by atomic mass is 10.3. The summed E-state index contributed by atoms with van der Waals surface area (Å²) in [5.41, 5.74) is 5.13. The van der Waals surface area contributed by atoms with Crippen LogP contribution in [-0.2, 0) is 0 Å². The number of anilines is 1. The average Bonchev–Trinajstić information content (AvgIpc) is 2.05. The predicted octanol–water partition coefficient (Wildman–Crippen LogP) is 3.14. The van der Waals surface area contributed by atoms with Gasteiger partial charge >= 0.3 is 6.03 Å². The molecule has 0 unspecified atom stereocenters. The Morgan fingerprint density at radius 1 is 1.23 bits per heavy atom. The molecule has 70 valence electrons. The SMILES string of the molecule is NC(=O)Nc1c(Cl)ccc(Cl)c1Cl. The van der Waals surface area contributed by atoms with Crippen molar-refractivity contribution in [3.8, 4) is 0 Å². The van der Waals surface area contributed by atoms with Crippen molar-refractivity contribution in [1.82, 2.24) is 0 Å². The number of carbonyl (C=O) groups is 1. The van der Waals surface area contributed by atoms with E-state index in [0.29, 0.717) is 5.02 Å². The Kier molecular flexibility index (Phi) is 3.25.